The predicted octanol–water partition coefficient (Wildman–Crippen LogP) is 3.79. The number of carbonyl (C=O) groups is 1. The van der Waals surface area contributed by atoms with Crippen LogP contribution >= 0.6 is 0 Å². The zero-order chi connectivity index (χ0) is 15.1. The third-order valence-electron chi connectivity index (χ3n) is 4.90. The third kappa shape index (κ3) is 4.21. The fourth-order valence-electron chi connectivity index (χ4n) is 3.10. The Bertz CT molecular complexity index is 293. The first-order valence-electron chi connectivity index (χ1n) is 8.65. The van der Waals surface area contributed by atoms with E-state index in [4.69, 9.17) is 0 Å². The summed E-state index contributed by atoms with van der Waals surface area (Å²) in [5, 5.41) is 3.55. The number of carbonyl (C=O) groups excluding carboxylic acids is 1. The van der Waals surface area contributed by atoms with Crippen molar-refractivity contribution in [2.45, 2.75) is 85.4 Å². The molecule has 0 radical (unpaired) electrons. The summed E-state index contributed by atoms with van der Waals surface area (Å²) in [4.78, 5) is 14.8. The summed E-state index contributed by atoms with van der Waals surface area (Å²) in [5.41, 5.74) is 0. The number of amides is 1. The largest absolute Gasteiger partial charge is 0.326 e. The number of nitrogens with zero attached hydrogens (tertiary/aromatic N) is 1. The highest BCUT2D eigenvalue weighted by Gasteiger charge is 2.40. The van der Waals surface area contributed by atoms with Gasteiger partial charge in [-0.25, -0.2) is 0 Å². The molecule has 0 saturated carbocycles. The van der Waals surface area contributed by atoms with Crippen LogP contribution in [-0.2, 0) is 4.79 Å². The molecule has 4 unspecified atom stereocenters. The molecule has 118 valence electrons. The second kappa shape index (κ2) is 8.66. The van der Waals surface area contributed by atoms with Crippen molar-refractivity contribution in [3.8, 4) is 0 Å². The topological polar surface area (TPSA) is 32.3 Å². The van der Waals surface area contributed by atoms with Crippen LogP contribution < -0.4 is 5.32 Å². The molecule has 1 aliphatic rings. The van der Waals surface area contributed by atoms with Gasteiger partial charge in [-0.05, 0) is 24.7 Å². The van der Waals surface area contributed by atoms with Crippen molar-refractivity contribution < 1.29 is 4.79 Å². The minimum atomic E-state index is 0.0358. The summed E-state index contributed by atoms with van der Waals surface area (Å²) in [6.45, 7) is 11.9. The lowest BCUT2D eigenvalue weighted by atomic mass is 9.97. The van der Waals surface area contributed by atoms with Crippen molar-refractivity contribution in [3.63, 3.8) is 0 Å². The van der Waals surface area contributed by atoms with Crippen molar-refractivity contribution in [2.75, 3.05) is 6.54 Å². The van der Waals surface area contributed by atoms with Gasteiger partial charge < -0.3 is 4.90 Å². The van der Waals surface area contributed by atoms with Crippen LogP contribution in [0.4, 0.5) is 0 Å². The zero-order valence-electron chi connectivity index (χ0n) is 14.1. The molecule has 3 nitrogen and oxygen atoms in total. The van der Waals surface area contributed by atoms with Gasteiger partial charge in [0.05, 0.1) is 12.2 Å². The summed E-state index contributed by atoms with van der Waals surface area (Å²) in [6, 6.07) is 0.0358. The second-order valence-corrected chi connectivity index (χ2v) is 6.36. The number of rotatable bonds is 9. The fraction of sp³-hybridized carbons (Fsp3) is 0.941. The first-order valence-corrected chi connectivity index (χ1v) is 8.65. The van der Waals surface area contributed by atoms with E-state index in [1.54, 1.807) is 0 Å². The Hall–Kier alpha value is -0.570. The molecule has 20 heavy (non-hydrogen) atoms. The molecule has 0 aromatic rings. The van der Waals surface area contributed by atoms with Crippen LogP contribution in [0.1, 0.15) is 73.1 Å². The van der Waals surface area contributed by atoms with Crippen molar-refractivity contribution in [1.29, 1.82) is 0 Å². The molecule has 1 fully saturated rings. The van der Waals surface area contributed by atoms with Gasteiger partial charge in [0.25, 0.3) is 0 Å². The molecule has 0 aromatic heterocycles. The summed E-state index contributed by atoms with van der Waals surface area (Å²) in [5.74, 6) is 1.42. The maximum atomic E-state index is 12.7. The number of hydrogen-bond donors (Lipinski definition) is 1. The first-order chi connectivity index (χ1) is 9.58. The Balaban J connectivity index is 2.68. The van der Waals surface area contributed by atoms with E-state index in [1.807, 2.05) is 0 Å². The predicted molar refractivity (Wildman–Crippen MR) is 85.5 cm³/mol. The van der Waals surface area contributed by atoms with E-state index in [0.29, 0.717) is 17.7 Å². The van der Waals surface area contributed by atoms with Gasteiger partial charge in [0, 0.05) is 6.54 Å². The molecule has 0 aliphatic carbocycles. The Labute approximate surface area is 125 Å². The number of unbranched alkanes of at least 4 members (excludes halogenated alkanes) is 1. The van der Waals surface area contributed by atoms with Gasteiger partial charge in [-0.1, -0.05) is 60.3 Å². The summed E-state index contributed by atoms with van der Waals surface area (Å²) < 4.78 is 0. The molecule has 1 rings (SSSR count). The average molecular weight is 282 g/mol. The van der Waals surface area contributed by atoms with Gasteiger partial charge in [-0.15, -0.1) is 0 Å². The van der Waals surface area contributed by atoms with Crippen LogP contribution in [0.2, 0.25) is 0 Å². The molecule has 1 N–H and O–H groups in total. The standard InChI is InChI=1S/C17H34N2O/c1-6-10-11-14(8-3)12-19-15(9-4)18-16(17(19)20)13(5)7-2/h13-16,18H,6-12H2,1-5H3. The summed E-state index contributed by atoms with van der Waals surface area (Å²) in [7, 11) is 0. The molecule has 1 amide bonds. The Morgan fingerprint density at radius 2 is 1.90 bits per heavy atom. The minimum Gasteiger partial charge on any atom is -0.326 e. The van der Waals surface area contributed by atoms with Gasteiger partial charge in [0.1, 0.15) is 0 Å². The molecule has 1 aliphatic heterocycles. The van der Waals surface area contributed by atoms with Gasteiger partial charge in [-0.2, -0.15) is 0 Å². The molecule has 3 heteroatoms. The molecule has 0 spiro atoms. The summed E-state index contributed by atoms with van der Waals surface area (Å²) in [6.07, 6.45) is 7.26. The Morgan fingerprint density at radius 1 is 1.20 bits per heavy atom. The molecule has 1 heterocycles. The van der Waals surface area contributed by atoms with Gasteiger partial charge in [-0.3, -0.25) is 10.1 Å². The average Bonchev–Trinajstić information content (AvgIpc) is 2.79. The van der Waals surface area contributed by atoms with E-state index < -0.39 is 0 Å². The van der Waals surface area contributed by atoms with Crippen LogP contribution in [0, 0.1) is 11.8 Å². The van der Waals surface area contributed by atoms with E-state index in [-0.39, 0.29) is 12.2 Å². The Morgan fingerprint density at radius 3 is 2.40 bits per heavy atom. The molecular weight excluding hydrogens is 248 g/mol. The smallest absolute Gasteiger partial charge is 0.241 e. The fourth-order valence-corrected chi connectivity index (χ4v) is 3.10. The van der Waals surface area contributed by atoms with Crippen molar-refractivity contribution >= 4 is 5.91 Å². The first kappa shape index (κ1) is 17.5. The van der Waals surface area contributed by atoms with Crippen LogP contribution in [0.25, 0.3) is 0 Å². The Kier molecular flexibility index (Phi) is 7.57. The van der Waals surface area contributed by atoms with E-state index in [0.717, 1.165) is 19.4 Å². The maximum absolute atomic E-state index is 12.7. The highest BCUT2D eigenvalue weighted by atomic mass is 16.2. The second-order valence-electron chi connectivity index (χ2n) is 6.36. The maximum Gasteiger partial charge on any atom is 0.241 e. The lowest BCUT2D eigenvalue weighted by molar-refractivity contribution is -0.131. The van der Waals surface area contributed by atoms with Crippen LogP contribution in [0.5, 0.6) is 0 Å². The van der Waals surface area contributed by atoms with Crippen molar-refractivity contribution in [2.24, 2.45) is 11.8 Å². The van der Waals surface area contributed by atoms with Gasteiger partial charge in [0.15, 0.2) is 0 Å². The molecule has 4 atom stereocenters. The molecule has 0 bridgehead atoms. The highest BCUT2D eigenvalue weighted by Crippen LogP contribution is 2.24. The van der Waals surface area contributed by atoms with E-state index in [9.17, 15) is 4.79 Å². The lowest BCUT2D eigenvalue weighted by Gasteiger charge is -2.27. The monoisotopic (exact) mass is 282 g/mol. The number of nitrogens with one attached hydrogen (secondary N) is 1. The molecule has 0 aromatic carbocycles. The van der Waals surface area contributed by atoms with E-state index >= 15 is 0 Å². The summed E-state index contributed by atoms with van der Waals surface area (Å²) >= 11 is 0. The van der Waals surface area contributed by atoms with Gasteiger partial charge >= 0.3 is 0 Å². The van der Waals surface area contributed by atoms with Crippen molar-refractivity contribution in [3.05, 3.63) is 0 Å². The normalized spacial score (nSPS) is 26.1. The van der Waals surface area contributed by atoms with Gasteiger partial charge in [0.2, 0.25) is 5.91 Å². The third-order valence-corrected chi connectivity index (χ3v) is 4.90. The zero-order valence-corrected chi connectivity index (χ0v) is 14.1. The van der Waals surface area contributed by atoms with Crippen molar-refractivity contribution in [1.82, 2.24) is 10.2 Å². The van der Waals surface area contributed by atoms with E-state index in [2.05, 4.69) is 44.8 Å². The highest BCUT2D eigenvalue weighted by molar-refractivity contribution is 5.84. The minimum absolute atomic E-state index is 0.0358. The number of hydrogen-bond acceptors (Lipinski definition) is 2. The van der Waals surface area contributed by atoms with Crippen LogP contribution in [-0.4, -0.2) is 29.6 Å². The molecule has 1 saturated heterocycles. The SMILES string of the molecule is CCCCC(CC)CN1C(=O)C(C(C)CC)NC1CC. The molecular formula is C17H34N2O. The lowest BCUT2D eigenvalue weighted by Crippen LogP contribution is -2.40. The quantitative estimate of drug-likeness (QED) is 0.698. The van der Waals surface area contributed by atoms with E-state index in [1.165, 1.54) is 25.7 Å². The van der Waals surface area contributed by atoms with Crippen LogP contribution in [0.15, 0.2) is 0 Å². The van der Waals surface area contributed by atoms with Crippen LogP contribution in [0.3, 0.4) is 0 Å².